The number of carbonyl (C=O) groups is 1. The standard InChI is InChI=1S/C23H25N3O6S/c1-16-6-9-18(10-7-16)26-33(28,29)21-15-17(8-11-20(21)31-3)22(27)25-19-5-4-12-24-23(19)32-14-13-30-2/h4-12,15,26H,13-14H2,1-3H3,(H,25,27). The summed E-state index contributed by atoms with van der Waals surface area (Å²) in [5.41, 5.74) is 1.85. The number of aromatic nitrogens is 1. The Morgan fingerprint density at radius 3 is 2.48 bits per heavy atom. The summed E-state index contributed by atoms with van der Waals surface area (Å²) >= 11 is 0. The van der Waals surface area contributed by atoms with Gasteiger partial charge in [0.05, 0.1) is 13.7 Å². The van der Waals surface area contributed by atoms with Crippen LogP contribution in [0.15, 0.2) is 65.7 Å². The van der Waals surface area contributed by atoms with Crippen LogP contribution in [0.3, 0.4) is 0 Å². The Balaban J connectivity index is 1.86. The lowest BCUT2D eigenvalue weighted by atomic mass is 10.2. The Kier molecular flexibility index (Phi) is 7.86. The molecule has 174 valence electrons. The van der Waals surface area contributed by atoms with E-state index in [4.69, 9.17) is 14.2 Å². The summed E-state index contributed by atoms with van der Waals surface area (Å²) in [4.78, 5) is 16.8. The van der Waals surface area contributed by atoms with Gasteiger partial charge in [-0.25, -0.2) is 13.4 Å². The van der Waals surface area contributed by atoms with Gasteiger partial charge in [-0.3, -0.25) is 9.52 Å². The van der Waals surface area contributed by atoms with Crippen LogP contribution in [0.25, 0.3) is 0 Å². The Bertz CT molecular complexity index is 1210. The molecule has 3 aromatic rings. The molecule has 0 fully saturated rings. The van der Waals surface area contributed by atoms with E-state index in [0.717, 1.165) is 5.56 Å². The maximum Gasteiger partial charge on any atom is 0.265 e. The molecule has 0 radical (unpaired) electrons. The van der Waals surface area contributed by atoms with Crippen molar-refractivity contribution in [2.45, 2.75) is 11.8 Å². The van der Waals surface area contributed by atoms with Crippen LogP contribution in [0.5, 0.6) is 11.6 Å². The van der Waals surface area contributed by atoms with Gasteiger partial charge in [0.25, 0.3) is 15.9 Å². The van der Waals surface area contributed by atoms with Gasteiger partial charge < -0.3 is 19.5 Å². The second-order valence-electron chi connectivity index (χ2n) is 6.99. The quantitative estimate of drug-likeness (QED) is 0.435. The van der Waals surface area contributed by atoms with Crippen molar-refractivity contribution in [1.82, 2.24) is 4.98 Å². The molecule has 0 aliphatic heterocycles. The largest absolute Gasteiger partial charge is 0.495 e. The summed E-state index contributed by atoms with van der Waals surface area (Å²) in [6.45, 7) is 2.52. The van der Waals surface area contributed by atoms with Crippen molar-refractivity contribution in [1.29, 1.82) is 0 Å². The molecular weight excluding hydrogens is 446 g/mol. The average molecular weight is 472 g/mol. The summed E-state index contributed by atoms with van der Waals surface area (Å²) in [6.07, 6.45) is 1.53. The van der Waals surface area contributed by atoms with Crippen molar-refractivity contribution in [2.75, 3.05) is 37.5 Å². The molecule has 0 atom stereocenters. The lowest BCUT2D eigenvalue weighted by Gasteiger charge is -2.14. The molecule has 0 aliphatic rings. The normalized spacial score (nSPS) is 11.0. The highest BCUT2D eigenvalue weighted by atomic mass is 32.2. The number of hydrogen-bond acceptors (Lipinski definition) is 7. The molecule has 1 aromatic heterocycles. The van der Waals surface area contributed by atoms with Gasteiger partial charge in [0, 0.05) is 24.6 Å². The van der Waals surface area contributed by atoms with Crippen LogP contribution in [-0.2, 0) is 14.8 Å². The van der Waals surface area contributed by atoms with E-state index < -0.39 is 15.9 Å². The molecule has 1 amide bonds. The summed E-state index contributed by atoms with van der Waals surface area (Å²) in [5.74, 6) is -0.199. The Labute approximate surface area is 192 Å². The number of rotatable bonds is 10. The third-order valence-electron chi connectivity index (χ3n) is 4.56. The van der Waals surface area contributed by atoms with Gasteiger partial charge in [0.2, 0.25) is 5.88 Å². The summed E-state index contributed by atoms with van der Waals surface area (Å²) in [6, 6.07) is 14.3. The highest BCUT2D eigenvalue weighted by molar-refractivity contribution is 7.92. The van der Waals surface area contributed by atoms with Crippen LogP contribution < -0.4 is 19.5 Å². The molecule has 1 heterocycles. The molecule has 0 bridgehead atoms. The van der Waals surface area contributed by atoms with E-state index >= 15 is 0 Å². The van der Waals surface area contributed by atoms with Crippen LogP contribution in [0.2, 0.25) is 0 Å². The number of carbonyl (C=O) groups excluding carboxylic acids is 1. The van der Waals surface area contributed by atoms with Crippen molar-refractivity contribution in [2.24, 2.45) is 0 Å². The maximum atomic E-state index is 13.0. The first-order chi connectivity index (χ1) is 15.8. The lowest BCUT2D eigenvalue weighted by molar-refractivity contribution is 0.102. The minimum atomic E-state index is -4.03. The van der Waals surface area contributed by atoms with Crippen LogP contribution >= 0.6 is 0 Å². The number of amides is 1. The first-order valence-electron chi connectivity index (χ1n) is 9.99. The second kappa shape index (κ2) is 10.8. The zero-order chi connectivity index (χ0) is 23.8. The van der Waals surface area contributed by atoms with Crippen molar-refractivity contribution >= 4 is 27.3 Å². The number of pyridine rings is 1. The molecule has 2 aromatic carbocycles. The molecule has 3 rings (SSSR count). The Morgan fingerprint density at radius 1 is 1.03 bits per heavy atom. The van der Waals surface area contributed by atoms with Gasteiger partial charge in [0.15, 0.2) is 0 Å². The van der Waals surface area contributed by atoms with E-state index in [-0.39, 0.29) is 28.7 Å². The molecule has 0 saturated heterocycles. The molecule has 0 spiro atoms. The summed E-state index contributed by atoms with van der Waals surface area (Å²) in [5, 5.41) is 2.70. The SMILES string of the molecule is COCCOc1ncccc1NC(=O)c1ccc(OC)c(S(=O)(=O)Nc2ccc(C)cc2)c1. The van der Waals surface area contributed by atoms with Gasteiger partial charge >= 0.3 is 0 Å². The predicted molar refractivity (Wildman–Crippen MR) is 125 cm³/mol. The number of ether oxygens (including phenoxy) is 3. The molecule has 0 aliphatic carbocycles. The number of nitrogens with zero attached hydrogens (tertiary/aromatic N) is 1. The van der Waals surface area contributed by atoms with Crippen molar-refractivity contribution in [3.05, 3.63) is 71.9 Å². The smallest absolute Gasteiger partial charge is 0.265 e. The van der Waals surface area contributed by atoms with Gasteiger partial charge in [0.1, 0.15) is 22.9 Å². The third kappa shape index (κ3) is 6.21. The second-order valence-corrected chi connectivity index (χ2v) is 8.64. The van der Waals surface area contributed by atoms with Crippen LogP contribution in [0.4, 0.5) is 11.4 Å². The molecule has 33 heavy (non-hydrogen) atoms. The topological polar surface area (TPSA) is 116 Å². The van der Waals surface area contributed by atoms with Gasteiger partial charge in [-0.2, -0.15) is 0 Å². The number of anilines is 2. The predicted octanol–water partition coefficient (Wildman–Crippen LogP) is 3.48. The highest BCUT2D eigenvalue weighted by Gasteiger charge is 2.22. The molecule has 0 unspecified atom stereocenters. The van der Waals surface area contributed by atoms with Gasteiger partial charge in [-0.05, 0) is 49.4 Å². The van der Waals surface area contributed by atoms with E-state index in [2.05, 4.69) is 15.0 Å². The van der Waals surface area contributed by atoms with Crippen LogP contribution in [0.1, 0.15) is 15.9 Å². The molecule has 9 nitrogen and oxygen atoms in total. The molecule has 2 N–H and O–H groups in total. The minimum Gasteiger partial charge on any atom is -0.495 e. The van der Waals surface area contributed by atoms with Crippen molar-refractivity contribution < 1.29 is 27.4 Å². The maximum absolute atomic E-state index is 13.0. The number of hydrogen-bond donors (Lipinski definition) is 2. The molecular formula is C23H25N3O6S. The third-order valence-corrected chi connectivity index (χ3v) is 5.97. The minimum absolute atomic E-state index is 0.108. The molecule has 10 heteroatoms. The zero-order valence-corrected chi connectivity index (χ0v) is 19.3. The van der Waals surface area contributed by atoms with Gasteiger partial charge in [-0.1, -0.05) is 17.7 Å². The van der Waals surface area contributed by atoms with Gasteiger partial charge in [-0.15, -0.1) is 0 Å². The summed E-state index contributed by atoms with van der Waals surface area (Å²) < 4.78 is 44.3. The van der Waals surface area contributed by atoms with Crippen molar-refractivity contribution in [3.63, 3.8) is 0 Å². The first-order valence-corrected chi connectivity index (χ1v) is 11.5. The molecule has 0 saturated carbocycles. The monoisotopic (exact) mass is 471 g/mol. The fraction of sp³-hybridized carbons (Fsp3) is 0.217. The van der Waals surface area contributed by atoms with E-state index in [1.165, 1.54) is 31.5 Å². The Morgan fingerprint density at radius 2 is 1.79 bits per heavy atom. The van der Waals surface area contributed by atoms with Crippen LogP contribution in [0, 0.1) is 6.92 Å². The zero-order valence-electron chi connectivity index (χ0n) is 18.5. The first kappa shape index (κ1) is 24.0. The average Bonchev–Trinajstić information content (AvgIpc) is 2.81. The lowest BCUT2D eigenvalue weighted by Crippen LogP contribution is -2.17. The van der Waals surface area contributed by atoms with E-state index in [0.29, 0.717) is 18.0 Å². The number of aryl methyl sites for hydroxylation is 1. The van der Waals surface area contributed by atoms with E-state index in [1.54, 1.807) is 43.5 Å². The fourth-order valence-corrected chi connectivity index (χ4v) is 4.13. The summed E-state index contributed by atoms with van der Waals surface area (Å²) in [7, 11) is -1.12. The number of benzene rings is 2. The van der Waals surface area contributed by atoms with E-state index in [9.17, 15) is 13.2 Å². The number of methoxy groups -OCH3 is 2. The Hall–Kier alpha value is -3.63. The van der Waals surface area contributed by atoms with Crippen LogP contribution in [-0.4, -0.2) is 46.7 Å². The van der Waals surface area contributed by atoms with E-state index in [1.807, 2.05) is 6.92 Å². The highest BCUT2D eigenvalue weighted by Crippen LogP contribution is 2.28. The fourth-order valence-electron chi connectivity index (χ4n) is 2.88. The number of nitrogens with one attached hydrogen (secondary N) is 2. The van der Waals surface area contributed by atoms with Crippen molar-refractivity contribution in [3.8, 4) is 11.6 Å². The number of sulfonamides is 1.